The molecule has 2 heterocycles. The van der Waals surface area contributed by atoms with Crippen molar-refractivity contribution < 1.29 is 4.42 Å². The number of benzene rings is 1. The van der Waals surface area contributed by atoms with Gasteiger partial charge >= 0.3 is 0 Å². The van der Waals surface area contributed by atoms with E-state index in [1.54, 1.807) is 6.07 Å². The molecule has 0 atom stereocenters. The zero-order valence-electron chi connectivity index (χ0n) is 15.5. The molecule has 0 radical (unpaired) electrons. The van der Waals surface area contributed by atoms with Gasteiger partial charge in [0.05, 0.1) is 16.3 Å². The number of hydrogen-bond acceptors (Lipinski definition) is 3. The fourth-order valence-electron chi connectivity index (χ4n) is 2.81. The maximum atomic E-state index is 9.07. The van der Waals surface area contributed by atoms with Gasteiger partial charge in [0.1, 0.15) is 17.6 Å². The minimum absolute atomic E-state index is 0.0511. The van der Waals surface area contributed by atoms with E-state index in [2.05, 4.69) is 38.0 Å². The third-order valence-corrected chi connectivity index (χ3v) is 4.92. The monoisotopic (exact) mass is 367 g/mol. The molecule has 2 aromatic heterocycles. The first kappa shape index (κ1) is 18.3. The van der Waals surface area contributed by atoms with Crippen molar-refractivity contribution in [3.8, 4) is 17.4 Å². The first-order chi connectivity index (χ1) is 12.3. The Morgan fingerprint density at radius 1 is 1.19 bits per heavy atom. The van der Waals surface area contributed by atoms with E-state index in [0.29, 0.717) is 10.6 Å². The number of nitriles is 1. The quantitative estimate of drug-likeness (QED) is 0.610. The van der Waals surface area contributed by atoms with Gasteiger partial charge in [0, 0.05) is 30.1 Å². The summed E-state index contributed by atoms with van der Waals surface area (Å²) in [7, 11) is 0. The molecule has 0 saturated heterocycles. The molecule has 0 spiro atoms. The molecule has 3 aromatic rings. The summed E-state index contributed by atoms with van der Waals surface area (Å²) in [5, 5.41) is 14.2. The summed E-state index contributed by atoms with van der Waals surface area (Å²) in [5.74, 6) is 1.66. The second-order valence-electron chi connectivity index (χ2n) is 7.44. The zero-order valence-corrected chi connectivity index (χ0v) is 16.3. The third-order valence-electron chi connectivity index (χ3n) is 4.43. The van der Waals surface area contributed by atoms with Crippen molar-refractivity contribution in [1.82, 2.24) is 9.78 Å². The Morgan fingerprint density at radius 3 is 2.62 bits per heavy atom. The van der Waals surface area contributed by atoms with E-state index < -0.39 is 0 Å². The smallest absolute Gasteiger partial charge is 0.134 e. The van der Waals surface area contributed by atoms with Crippen molar-refractivity contribution in [2.24, 2.45) is 0 Å². The molecule has 0 aliphatic carbocycles. The third kappa shape index (κ3) is 3.68. The molecule has 0 bridgehead atoms. The average Bonchev–Trinajstić information content (AvgIpc) is 3.24. The minimum Gasteiger partial charge on any atom is -0.461 e. The molecule has 0 aliphatic rings. The Bertz CT molecular complexity index is 970. The van der Waals surface area contributed by atoms with E-state index in [1.807, 2.05) is 36.0 Å². The van der Waals surface area contributed by atoms with Gasteiger partial charge in [-0.1, -0.05) is 32.4 Å². The molecule has 0 unspecified atom stereocenters. The maximum Gasteiger partial charge on any atom is 0.134 e. The lowest BCUT2D eigenvalue weighted by atomic mass is 9.93. The SMILES string of the molecule is Cc1c(-c2ccc(CCn3ccc(C(C)(C)C)n3)o2)ccc(C#N)c1Cl. The molecule has 134 valence electrons. The first-order valence-corrected chi connectivity index (χ1v) is 8.99. The van der Waals surface area contributed by atoms with Crippen LogP contribution in [0.5, 0.6) is 0 Å². The van der Waals surface area contributed by atoms with E-state index in [1.165, 1.54) is 0 Å². The molecular formula is C21H22ClN3O. The van der Waals surface area contributed by atoms with Crippen LogP contribution in [0.3, 0.4) is 0 Å². The molecule has 4 nitrogen and oxygen atoms in total. The fraction of sp³-hybridized carbons (Fsp3) is 0.333. The number of halogens is 1. The summed E-state index contributed by atoms with van der Waals surface area (Å²) in [6.45, 7) is 9.13. The van der Waals surface area contributed by atoms with Crippen molar-refractivity contribution in [2.45, 2.75) is 46.1 Å². The summed E-state index contributed by atoms with van der Waals surface area (Å²) in [4.78, 5) is 0. The van der Waals surface area contributed by atoms with Crippen LogP contribution < -0.4 is 0 Å². The number of aromatic nitrogens is 2. The van der Waals surface area contributed by atoms with Crippen molar-refractivity contribution in [1.29, 1.82) is 5.26 Å². The highest BCUT2D eigenvalue weighted by Crippen LogP contribution is 2.32. The summed E-state index contributed by atoms with van der Waals surface area (Å²) >= 11 is 6.26. The molecule has 3 rings (SSSR count). The van der Waals surface area contributed by atoms with E-state index in [9.17, 15) is 0 Å². The van der Waals surface area contributed by atoms with Crippen molar-refractivity contribution in [3.63, 3.8) is 0 Å². The molecule has 0 N–H and O–H groups in total. The minimum atomic E-state index is 0.0511. The molecule has 0 aliphatic heterocycles. The Morgan fingerprint density at radius 2 is 1.96 bits per heavy atom. The number of hydrogen-bond donors (Lipinski definition) is 0. The van der Waals surface area contributed by atoms with Crippen molar-refractivity contribution in [3.05, 3.63) is 64.1 Å². The summed E-state index contributed by atoms with van der Waals surface area (Å²) in [6.07, 6.45) is 2.77. The van der Waals surface area contributed by atoms with Crippen LogP contribution in [0.25, 0.3) is 11.3 Å². The molecule has 1 aromatic carbocycles. The second kappa shape index (κ2) is 7.01. The van der Waals surface area contributed by atoms with Crippen molar-refractivity contribution >= 4 is 11.6 Å². The van der Waals surface area contributed by atoms with Gasteiger partial charge in [-0.25, -0.2) is 0 Å². The average molecular weight is 368 g/mol. The van der Waals surface area contributed by atoms with Crippen LogP contribution >= 0.6 is 11.6 Å². The van der Waals surface area contributed by atoms with E-state index in [4.69, 9.17) is 21.3 Å². The summed E-state index contributed by atoms with van der Waals surface area (Å²) < 4.78 is 7.94. The lowest BCUT2D eigenvalue weighted by Crippen LogP contribution is -2.13. The summed E-state index contributed by atoms with van der Waals surface area (Å²) in [5.41, 5.74) is 3.38. The highest BCUT2D eigenvalue weighted by atomic mass is 35.5. The summed E-state index contributed by atoms with van der Waals surface area (Å²) in [6, 6.07) is 11.7. The van der Waals surface area contributed by atoms with E-state index in [-0.39, 0.29) is 5.41 Å². The van der Waals surface area contributed by atoms with Gasteiger partial charge in [-0.3, -0.25) is 4.68 Å². The van der Waals surface area contributed by atoms with Gasteiger partial charge in [-0.15, -0.1) is 0 Å². The number of nitrogens with zero attached hydrogens (tertiary/aromatic N) is 3. The predicted octanol–water partition coefficient (Wildman–Crippen LogP) is 5.52. The standard InChI is InChI=1S/C21H22ClN3O/c1-14-17(7-5-15(13-23)20(14)22)18-8-6-16(26-18)9-11-25-12-10-19(24-25)21(2,3)4/h5-8,10,12H,9,11H2,1-4H3. The topological polar surface area (TPSA) is 54.8 Å². The molecule has 26 heavy (non-hydrogen) atoms. The van der Waals surface area contributed by atoms with Gasteiger partial charge in [-0.2, -0.15) is 10.4 Å². The Balaban J connectivity index is 1.74. The van der Waals surface area contributed by atoms with Gasteiger partial charge in [0.15, 0.2) is 0 Å². The van der Waals surface area contributed by atoms with Crippen LogP contribution in [0, 0.1) is 18.3 Å². The highest BCUT2D eigenvalue weighted by Gasteiger charge is 2.17. The fourth-order valence-corrected chi connectivity index (χ4v) is 3.01. The Labute approximate surface area is 159 Å². The highest BCUT2D eigenvalue weighted by molar-refractivity contribution is 6.32. The zero-order chi connectivity index (χ0) is 18.9. The van der Waals surface area contributed by atoms with Crippen LogP contribution in [0.4, 0.5) is 0 Å². The van der Waals surface area contributed by atoms with Crippen LogP contribution in [0.1, 0.15) is 43.4 Å². The maximum absolute atomic E-state index is 9.07. The van der Waals surface area contributed by atoms with Crippen LogP contribution in [0.2, 0.25) is 5.02 Å². The number of furan rings is 1. The van der Waals surface area contributed by atoms with Gasteiger partial charge in [-0.05, 0) is 42.8 Å². The second-order valence-corrected chi connectivity index (χ2v) is 7.82. The lowest BCUT2D eigenvalue weighted by Gasteiger charge is -2.14. The molecule has 0 amide bonds. The van der Waals surface area contributed by atoms with Gasteiger partial charge in [0.25, 0.3) is 0 Å². The first-order valence-electron chi connectivity index (χ1n) is 8.62. The number of rotatable bonds is 4. The molecule has 5 heteroatoms. The molecule has 0 fully saturated rings. The Kier molecular flexibility index (Phi) is 4.93. The Hall–Kier alpha value is -2.51. The lowest BCUT2D eigenvalue weighted by molar-refractivity contribution is 0.481. The van der Waals surface area contributed by atoms with Crippen LogP contribution in [-0.2, 0) is 18.4 Å². The largest absolute Gasteiger partial charge is 0.461 e. The van der Waals surface area contributed by atoms with Crippen LogP contribution in [0.15, 0.2) is 40.9 Å². The van der Waals surface area contributed by atoms with E-state index >= 15 is 0 Å². The van der Waals surface area contributed by atoms with E-state index in [0.717, 1.165) is 41.3 Å². The number of aryl methyl sites for hydroxylation is 2. The normalized spacial score (nSPS) is 11.5. The van der Waals surface area contributed by atoms with Crippen LogP contribution in [-0.4, -0.2) is 9.78 Å². The predicted molar refractivity (Wildman–Crippen MR) is 103 cm³/mol. The van der Waals surface area contributed by atoms with Crippen molar-refractivity contribution in [2.75, 3.05) is 0 Å². The molecular weight excluding hydrogens is 346 g/mol. The van der Waals surface area contributed by atoms with Gasteiger partial charge in [0.2, 0.25) is 0 Å². The molecule has 0 saturated carbocycles. The van der Waals surface area contributed by atoms with Gasteiger partial charge < -0.3 is 4.42 Å².